The number of carbonyl (C=O) groups is 4. The van der Waals surface area contributed by atoms with Crippen LogP contribution in [0.15, 0.2) is 91.3 Å². The molecule has 4 rings (SSSR count). The number of amides is 4. The van der Waals surface area contributed by atoms with Gasteiger partial charge < -0.3 is 30.5 Å². The van der Waals surface area contributed by atoms with E-state index in [9.17, 15) is 23.6 Å². The highest BCUT2D eigenvalue weighted by atomic mass is 19.1. The molecule has 3 N–H and O–H groups in total. The summed E-state index contributed by atoms with van der Waals surface area (Å²) in [6, 6.07) is 21.1. The van der Waals surface area contributed by atoms with Crippen LogP contribution in [-0.2, 0) is 38.6 Å². The summed E-state index contributed by atoms with van der Waals surface area (Å²) in [4.78, 5) is 56.3. The summed E-state index contributed by atoms with van der Waals surface area (Å²) in [6.45, 7) is 7.47. The van der Waals surface area contributed by atoms with Crippen molar-refractivity contribution in [2.45, 2.75) is 65.3 Å². The zero-order valence-corrected chi connectivity index (χ0v) is 28.7. The number of rotatable bonds is 14. The standard InChI is InChI=1S/C38H46FN5O5/c1-26(40-5)35(46)42-34(38(2,3)4)36(47)41-24-33(45)44-21-20-43(19-18-27-12-9-13-30(39)22-27)37(48)32(44)23-28-14-16-31(17-15-28)49-25-29-10-7-6-8-11-29/h6-17,20-22,26,32,34,40H,18-19,23-25H2,1-5H3,(H,41,47)(H,42,46)/t26-,32-,34+/m0/s1. The maximum atomic E-state index is 13.9. The quantitative estimate of drug-likeness (QED) is 0.239. The molecule has 0 fully saturated rings. The Kier molecular flexibility index (Phi) is 12.7. The fourth-order valence-electron chi connectivity index (χ4n) is 5.33. The predicted molar refractivity (Wildman–Crippen MR) is 185 cm³/mol. The van der Waals surface area contributed by atoms with Crippen LogP contribution in [0.2, 0.25) is 0 Å². The highest BCUT2D eigenvalue weighted by Crippen LogP contribution is 2.22. The van der Waals surface area contributed by atoms with E-state index in [4.69, 9.17) is 4.74 Å². The van der Waals surface area contributed by atoms with Crippen molar-refractivity contribution in [3.05, 3.63) is 114 Å². The van der Waals surface area contributed by atoms with Crippen LogP contribution >= 0.6 is 0 Å². The Morgan fingerprint density at radius 2 is 1.59 bits per heavy atom. The Balaban J connectivity index is 1.48. The molecule has 1 heterocycles. The summed E-state index contributed by atoms with van der Waals surface area (Å²) in [6.07, 6.45) is 3.71. The van der Waals surface area contributed by atoms with E-state index < -0.39 is 35.4 Å². The lowest BCUT2D eigenvalue weighted by molar-refractivity contribution is -0.143. The van der Waals surface area contributed by atoms with Gasteiger partial charge in [0.15, 0.2) is 0 Å². The maximum Gasteiger partial charge on any atom is 0.250 e. The fraction of sp³-hybridized carbons (Fsp3) is 0.368. The third-order valence-electron chi connectivity index (χ3n) is 8.39. The van der Waals surface area contributed by atoms with Crippen molar-refractivity contribution in [1.82, 2.24) is 25.8 Å². The molecule has 4 amide bonds. The van der Waals surface area contributed by atoms with Gasteiger partial charge in [-0.3, -0.25) is 19.2 Å². The largest absolute Gasteiger partial charge is 0.489 e. The zero-order valence-electron chi connectivity index (χ0n) is 28.7. The van der Waals surface area contributed by atoms with Crippen molar-refractivity contribution >= 4 is 23.6 Å². The number of hydrogen-bond acceptors (Lipinski definition) is 6. The van der Waals surface area contributed by atoms with Crippen molar-refractivity contribution in [2.75, 3.05) is 20.1 Å². The van der Waals surface area contributed by atoms with E-state index in [0.29, 0.717) is 18.8 Å². The van der Waals surface area contributed by atoms with E-state index >= 15 is 0 Å². The van der Waals surface area contributed by atoms with Crippen LogP contribution in [0.25, 0.3) is 0 Å². The van der Waals surface area contributed by atoms with Gasteiger partial charge in [0.25, 0.3) is 0 Å². The lowest BCUT2D eigenvalue weighted by Gasteiger charge is -2.36. The Hall–Kier alpha value is -5.03. The first-order chi connectivity index (χ1) is 23.3. The molecular weight excluding hydrogens is 625 g/mol. The number of likely N-dealkylation sites (N-methyl/N-ethyl adjacent to an activating group) is 1. The first-order valence-corrected chi connectivity index (χ1v) is 16.4. The molecule has 0 saturated heterocycles. The summed E-state index contributed by atoms with van der Waals surface area (Å²) in [5.41, 5.74) is 1.95. The number of nitrogens with one attached hydrogen (secondary N) is 3. The minimum atomic E-state index is -0.904. The summed E-state index contributed by atoms with van der Waals surface area (Å²) in [7, 11) is 1.65. The zero-order chi connectivity index (χ0) is 35.6. The monoisotopic (exact) mass is 671 g/mol. The number of carbonyl (C=O) groups excluding carboxylic acids is 4. The van der Waals surface area contributed by atoms with Crippen LogP contribution in [0.4, 0.5) is 4.39 Å². The van der Waals surface area contributed by atoms with Crippen LogP contribution in [0.1, 0.15) is 44.4 Å². The van der Waals surface area contributed by atoms with Gasteiger partial charge in [0, 0.05) is 25.4 Å². The van der Waals surface area contributed by atoms with E-state index in [0.717, 1.165) is 16.7 Å². The van der Waals surface area contributed by atoms with Crippen molar-refractivity contribution < 1.29 is 28.3 Å². The molecule has 0 saturated carbocycles. The minimum absolute atomic E-state index is 0.209. The van der Waals surface area contributed by atoms with Gasteiger partial charge in [0.2, 0.25) is 23.6 Å². The Labute approximate surface area is 287 Å². The average molecular weight is 672 g/mol. The Morgan fingerprint density at radius 3 is 2.24 bits per heavy atom. The molecule has 49 heavy (non-hydrogen) atoms. The molecule has 0 aromatic heterocycles. The van der Waals surface area contributed by atoms with Crippen LogP contribution in [0, 0.1) is 11.2 Å². The van der Waals surface area contributed by atoms with Gasteiger partial charge in [-0.15, -0.1) is 0 Å². The molecule has 3 aromatic carbocycles. The minimum Gasteiger partial charge on any atom is -0.489 e. The summed E-state index contributed by atoms with van der Waals surface area (Å²) in [5.74, 6) is -1.33. The summed E-state index contributed by atoms with van der Waals surface area (Å²) >= 11 is 0. The maximum absolute atomic E-state index is 13.9. The Morgan fingerprint density at radius 1 is 0.898 bits per heavy atom. The fourth-order valence-corrected chi connectivity index (χ4v) is 5.33. The van der Waals surface area contributed by atoms with Crippen molar-refractivity contribution in [1.29, 1.82) is 0 Å². The van der Waals surface area contributed by atoms with Gasteiger partial charge in [-0.05, 0) is 66.8 Å². The number of ether oxygens (including phenoxy) is 1. The van der Waals surface area contributed by atoms with Gasteiger partial charge in [-0.25, -0.2) is 4.39 Å². The van der Waals surface area contributed by atoms with Gasteiger partial charge in [-0.2, -0.15) is 0 Å². The molecule has 0 spiro atoms. The van der Waals surface area contributed by atoms with Gasteiger partial charge in [0.1, 0.15) is 30.3 Å². The van der Waals surface area contributed by atoms with Gasteiger partial charge in [-0.1, -0.05) is 75.4 Å². The number of hydrogen-bond donors (Lipinski definition) is 3. The van der Waals surface area contributed by atoms with Gasteiger partial charge >= 0.3 is 0 Å². The molecule has 1 aliphatic rings. The first-order valence-electron chi connectivity index (χ1n) is 16.4. The van der Waals surface area contributed by atoms with Crippen molar-refractivity contribution in [2.24, 2.45) is 5.41 Å². The summed E-state index contributed by atoms with van der Waals surface area (Å²) in [5, 5.41) is 8.29. The van der Waals surface area contributed by atoms with Crippen LogP contribution in [0.5, 0.6) is 5.75 Å². The molecule has 0 unspecified atom stereocenters. The van der Waals surface area contributed by atoms with E-state index in [1.165, 1.54) is 28.1 Å². The molecule has 1 aliphatic heterocycles. The van der Waals surface area contributed by atoms with Gasteiger partial charge in [0.05, 0.1) is 12.6 Å². The molecule has 260 valence electrons. The van der Waals surface area contributed by atoms with E-state index in [1.54, 1.807) is 32.3 Å². The summed E-state index contributed by atoms with van der Waals surface area (Å²) < 4.78 is 19.7. The molecule has 0 bridgehead atoms. The second-order valence-corrected chi connectivity index (χ2v) is 13.2. The second-order valence-electron chi connectivity index (χ2n) is 13.2. The third kappa shape index (κ3) is 10.5. The van der Waals surface area contributed by atoms with E-state index in [1.807, 2.05) is 75.4 Å². The van der Waals surface area contributed by atoms with Crippen molar-refractivity contribution in [3.63, 3.8) is 0 Å². The third-order valence-corrected chi connectivity index (χ3v) is 8.39. The Bertz CT molecular complexity index is 1620. The molecule has 11 heteroatoms. The number of halogens is 1. The lowest BCUT2D eigenvalue weighted by atomic mass is 9.86. The first kappa shape index (κ1) is 36.8. The van der Waals surface area contributed by atoms with Crippen LogP contribution < -0.4 is 20.7 Å². The highest BCUT2D eigenvalue weighted by molar-refractivity contribution is 5.94. The molecule has 0 aliphatic carbocycles. The molecule has 3 atom stereocenters. The van der Waals surface area contributed by atoms with Crippen molar-refractivity contribution in [3.8, 4) is 5.75 Å². The van der Waals surface area contributed by atoms with Crippen LogP contribution in [0.3, 0.4) is 0 Å². The topological polar surface area (TPSA) is 120 Å². The molecule has 3 aromatic rings. The highest BCUT2D eigenvalue weighted by Gasteiger charge is 2.37. The van der Waals surface area contributed by atoms with E-state index in [-0.39, 0.29) is 37.1 Å². The van der Waals surface area contributed by atoms with E-state index in [2.05, 4.69) is 16.0 Å². The molecular formula is C38H46FN5O5. The second kappa shape index (κ2) is 16.9. The molecule has 10 nitrogen and oxygen atoms in total. The number of nitrogens with zero attached hydrogens (tertiary/aromatic N) is 2. The SMILES string of the molecule is CN[C@@H](C)C(=O)N[C@H](C(=O)NCC(=O)N1C=CN(CCc2cccc(F)c2)C(=O)[C@@H]1Cc1ccc(OCc2ccccc2)cc1)C(C)(C)C. The average Bonchev–Trinajstić information content (AvgIpc) is 3.08. The van der Waals surface area contributed by atoms with Crippen LogP contribution in [-0.4, -0.2) is 71.7 Å². The number of benzene rings is 3. The smallest absolute Gasteiger partial charge is 0.250 e. The normalized spacial score (nSPS) is 15.8. The lowest BCUT2D eigenvalue weighted by Crippen LogP contribution is -2.58. The molecule has 0 radical (unpaired) electrons. The predicted octanol–water partition coefficient (Wildman–Crippen LogP) is 3.96.